The summed E-state index contributed by atoms with van der Waals surface area (Å²) in [5.74, 6) is 1.85. The Hall–Kier alpha value is -0.0800. The van der Waals surface area contributed by atoms with Gasteiger partial charge in [-0.2, -0.15) is 0 Å². The predicted molar refractivity (Wildman–Crippen MR) is 57.6 cm³/mol. The molecule has 3 atom stereocenters. The molecule has 0 radical (unpaired) electrons. The highest BCUT2D eigenvalue weighted by atomic mass is 15.0. The molecule has 0 saturated heterocycles. The van der Waals surface area contributed by atoms with Gasteiger partial charge in [0, 0.05) is 12.6 Å². The third-order valence-corrected chi connectivity index (χ3v) is 3.18. The van der Waals surface area contributed by atoms with E-state index in [1.165, 1.54) is 6.42 Å². The summed E-state index contributed by atoms with van der Waals surface area (Å²) in [7, 11) is 0. The van der Waals surface area contributed by atoms with Gasteiger partial charge < -0.3 is 11.1 Å². The molecular weight excluding hydrogens is 160 g/mol. The lowest BCUT2D eigenvalue weighted by molar-refractivity contribution is 0.270. The monoisotopic (exact) mass is 184 g/mol. The maximum Gasteiger partial charge on any atom is 0.0238 e. The lowest BCUT2D eigenvalue weighted by Crippen LogP contribution is -2.46. The van der Waals surface area contributed by atoms with Crippen LogP contribution < -0.4 is 11.1 Å². The topological polar surface area (TPSA) is 38.0 Å². The van der Waals surface area contributed by atoms with E-state index in [0.717, 1.165) is 24.9 Å². The van der Waals surface area contributed by atoms with Gasteiger partial charge in [-0.05, 0) is 30.2 Å². The lowest BCUT2D eigenvalue weighted by atomic mass is 9.87. The molecule has 0 aromatic heterocycles. The number of nitrogens with one attached hydrogen (secondary N) is 1. The maximum atomic E-state index is 5.74. The van der Waals surface area contributed by atoms with E-state index in [1.54, 1.807) is 0 Å². The number of hydrogen-bond acceptors (Lipinski definition) is 2. The number of rotatable bonds is 4. The molecule has 0 spiro atoms. The SMILES string of the molecule is CC1CC1CNC(CN)C(C)(C)C. The summed E-state index contributed by atoms with van der Waals surface area (Å²) in [4.78, 5) is 0. The second kappa shape index (κ2) is 3.97. The average molecular weight is 184 g/mol. The predicted octanol–water partition coefficient (Wildman–Crippen LogP) is 1.61. The van der Waals surface area contributed by atoms with Crippen molar-refractivity contribution in [3.63, 3.8) is 0 Å². The molecule has 2 heteroatoms. The fourth-order valence-corrected chi connectivity index (χ4v) is 1.72. The van der Waals surface area contributed by atoms with Crippen molar-refractivity contribution in [2.75, 3.05) is 13.1 Å². The summed E-state index contributed by atoms with van der Waals surface area (Å²) in [6.45, 7) is 10.9. The van der Waals surface area contributed by atoms with Crippen LogP contribution >= 0.6 is 0 Å². The summed E-state index contributed by atoms with van der Waals surface area (Å²) in [6, 6.07) is 0.459. The highest BCUT2D eigenvalue weighted by Gasteiger charge is 2.33. The minimum Gasteiger partial charge on any atom is -0.329 e. The maximum absolute atomic E-state index is 5.74. The molecule has 1 fully saturated rings. The summed E-state index contributed by atoms with van der Waals surface area (Å²) < 4.78 is 0. The van der Waals surface area contributed by atoms with Crippen LogP contribution in [0.3, 0.4) is 0 Å². The quantitative estimate of drug-likeness (QED) is 0.696. The van der Waals surface area contributed by atoms with E-state index < -0.39 is 0 Å². The van der Waals surface area contributed by atoms with Crippen LogP contribution in [0.5, 0.6) is 0 Å². The Kier molecular flexibility index (Phi) is 3.36. The minimum atomic E-state index is 0.285. The third kappa shape index (κ3) is 3.28. The molecule has 1 aliphatic rings. The molecule has 0 bridgehead atoms. The molecule has 3 N–H and O–H groups in total. The summed E-state index contributed by atoms with van der Waals surface area (Å²) >= 11 is 0. The van der Waals surface area contributed by atoms with Gasteiger partial charge in [-0.25, -0.2) is 0 Å². The van der Waals surface area contributed by atoms with Gasteiger partial charge in [-0.1, -0.05) is 27.7 Å². The Morgan fingerprint density at radius 2 is 2.00 bits per heavy atom. The van der Waals surface area contributed by atoms with Crippen LogP contribution in [0.4, 0.5) is 0 Å². The van der Waals surface area contributed by atoms with Crippen molar-refractivity contribution in [3.8, 4) is 0 Å². The summed E-state index contributed by atoms with van der Waals surface area (Å²) in [5, 5.41) is 3.58. The van der Waals surface area contributed by atoms with Gasteiger partial charge in [0.05, 0.1) is 0 Å². The Morgan fingerprint density at radius 3 is 2.31 bits per heavy atom. The second-order valence-corrected chi connectivity index (χ2v) is 5.54. The third-order valence-electron chi connectivity index (χ3n) is 3.18. The molecule has 1 rings (SSSR count). The minimum absolute atomic E-state index is 0.285. The van der Waals surface area contributed by atoms with E-state index in [4.69, 9.17) is 5.73 Å². The van der Waals surface area contributed by atoms with E-state index in [1.807, 2.05) is 0 Å². The fraction of sp³-hybridized carbons (Fsp3) is 1.00. The molecular formula is C11H24N2. The van der Waals surface area contributed by atoms with E-state index in [2.05, 4.69) is 33.0 Å². The molecule has 3 unspecified atom stereocenters. The first-order valence-electron chi connectivity index (χ1n) is 5.38. The van der Waals surface area contributed by atoms with Crippen LogP contribution in [0.25, 0.3) is 0 Å². The summed E-state index contributed by atoms with van der Waals surface area (Å²) in [5.41, 5.74) is 6.02. The van der Waals surface area contributed by atoms with Gasteiger partial charge in [-0.3, -0.25) is 0 Å². The molecule has 1 saturated carbocycles. The Bertz CT molecular complexity index is 160. The van der Waals surface area contributed by atoms with Crippen LogP contribution in [0.2, 0.25) is 0 Å². The zero-order valence-electron chi connectivity index (χ0n) is 9.43. The van der Waals surface area contributed by atoms with Crippen molar-refractivity contribution in [2.45, 2.75) is 40.2 Å². The summed E-state index contributed by atoms with van der Waals surface area (Å²) in [6.07, 6.45) is 1.40. The smallest absolute Gasteiger partial charge is 0.0238 e. The highest BCUT2D eigenvalue weighted by Crippen LogP contribution is 2.37. The van der Waals surface area contributed by atoms with Crippen LogP contribution in [-0.4, -0.2) is 19.1 Å². The van der Waals surface area contributed by atoms with Gasteiger partial charge in [0.2, 0.25) is 0 Å². The molecule has 2 nitrogen and oxygen atoms in total. The molecule has 0 aromatic carbocycles. The van der Waals surface area contributed by atoms with Crippen molar-refractivity contribution >= 4 is 0 Å². The van der Waals surface area contributed by atoms with Crippen LogP contribution in [0.15, 0.2) is 0 Å². The van der Waals surface area contributed by atoms with Gasteiger partial charge in [0.1, 0.15) is 0 Å². The molecule has 0 aliphatic heterocycles. The van der Waals surface area contributed by atoms with Crippen LogP contribution in [0.1, 0.15) is 34.1 Å². The van der Waals surface area contributed by atoms with Gasteiger partial charge in [0.15, 0.2) is 0 Å². The first-order chi connectivity index (χ1) is 5.95. The van der Waals surface area contributed by atoms with Crippen molar-refractivity contribution in [1.29, 1.82) is 0 Å². The molecule has 13 heavy (non-hydrogen) atoms. The fourth-order valence-electron chi connectivity index (χ4n) is 1.72. The van der Waals surface area contributed by atoms with Crippen LogP contribution in [-0.2, 0) is 0 Å². The Morgan fingerprint density at radius 1 is 1.46 bits per heavy atom. The standard InChI is InChI=1S/C11H24N2/c1-8-5-9(8)7-13-10(6-12)11(2,3)4/h8-10,13H,5-7,12H2,1-4H3. The average Bonchev–Trinajstić information content (AvgIpc) is 2.65. The first-order valence-corrected chi connectivity index (χ1v) is 5.38. The zero-order valence-corrected chi connectivity index (χ0v) is 9.43. The molecule has 78 valence electrons. The molecule has 0 amide bonds. The highest BCUT2D eigenvalue weighted by molar-refractivity contribution is 4.88. The number of nitrogens with two attached hydrogens (primary N) is 1. The molecule has 0 aromatic rings. The lowest BCUT2D eigenvalue weighted by Gasteiger charge is -2.30. The zero-order chi connectivity index (χ0) is 10.1. The van der Waals surface area contributed by atoms with Gasteiger partial charge >= 0.3 is 0 Å². The van der Waals surface area contributed by atoms with E-state index >= 15 is 0 Å². The molecule has 0 heterocycles. The van der Waals surface area contributed by atoms with Crippen LogP contribution in [0, 0.1) is 17.3 Å². The first kappa shape index (κ1) is 11.0. The number of hydrogen-bond donors (Lipinski definition) is 2. The Labute approximate surface area is 82.3 Å². The second-order valence-electron chi connectivity index (χ2n) is 5.54. The van der Waals surface area contributed by atoms with Crippen molar-refractivity contribution in [2.24, 2.45) is 23.0 Å². The van der Waals surface area contributed by atoms with Crippen molar-refractivity contribution in [3.05, 3.63) is 0 Å². The van der Waals surface area contributed by atoms with Gasteiger partial charge in [0.25, 0.3) is 0 Å². The molecule has 1 aliphatic carbocycles. The van der Waals surface area contributed by atoms with E-state index in [-0.39, 0.29) is 5.41 Å². The van der Waals surface area contributed by atoms with E-state index in [9.17, 15) is 0 Å². The van der Waals surface area contributed by atoms with Crippen molar-refractivity contribution < 1.29 is 0 Å². The van der Waals surface area contributed by atoms with E-state index in [0.29, 0.717) is 6.04 Å². The van der Waals surface area contributed by atoms with Gasteiger partial charge in [-0.15, -0.1) is 0 Å². The van der Waals surface area contributed by atoms with Crippen molar-refractivity contribution in [1.82, 2.24) is 5.32 Å². The largest absolute Gasteiger partial charge is 0.329 e. The normalized spacial score (nSPS) is 30.2. The Balaban J connectivity index is 2.24.